The number of aromatic amines is 1. The first kappa shape index (κ1) is 22.2. The lowest BCUT2D eigenvalue weighted by Crippen LogP contribution is -2.35. The minimum atomic E-state index is -0.176. The highest BCUT2D eigenvalue weighted by molar-refractivity contribution is 7.80. The fraction of sp³-hybridized carbons (Fsp3) is 0.0370. The summed E-state index contributed by atoms with van der Waals surface area (Å²) in [6.45, 7) is 0. The van der Waals surface area contributed by atoms with Crippen LogP contribution in [0, 0.1) is 0 Å². The number of carbonyl (C=O) groups is 1. The van der Waals surface area contributed by atoms with E-state index in [1.165, 1.54) is 0 Å². The molecule has 3 aromatic carbocycles. The quantitative estimate of drug-likeness (QED) is 0.280. The molecule has 2 aromatic heterocycles. The van der Waals surface area contributed by atoms with Gasteiger partial charge in [0.2, 0.25) is 5.91 Å². The summed E-state index contributed by atoms with van der Waals surface area (Å²) < 4.78 is 6.09. The molecule has 0 atom stereocenters. The molecule has 0 saturated carbocycles. The van der Waals surface area contributed by atoms with Gasteiger partial charge in [0, 0.05) is 23.5 Å². The molecule has 0 unspecified atom stereocenters. The van der Waals surface area contributed by atoms with E-state index >= 15 is 0 Å². The van der Waals surface area contributed by atoms with Crippen LogP contribution in [0.4, 0.5) is 5.69 Å². The minimum Gasteiger partial charge on any atom is -0.455 e. The van der Waals surface area contributed by atoms with Crippen LogP contribution < -0.4 is 15.4 Å². The first-order valence-electron chi connectivity index (χ1n) is 11.0. The number of ether oxygens (including phenoxy) is 1. The van der Waals surface area contributed by atoms with Crippen molar-refractivity contribution in [3.8, 4) is 22.9 Å². The Balaban J connectivity index is 1.23. The van der Waals surface area contributed by atoms with E-state index in [-0.39, 0.29) is 17.4 Å². The summed E-state index contributed by atoms with van der Waals surface area (Å²) in [5, 5.41) is 5.96. The Morgan fingerprint density at radius 1 is 0.914 bits per heavy atom. The molecule has 0 radical (unpaired) electrons. The number of aromatic nitrogens is 3. The van der Waals surface area contributed by atoms with Crippen molar-refractivity contribution in [2.24, 2.45) is 0 Å². The Hall–Kier alpha value is -4.56. The lowest BCUT2D eigenvalue weighted by atomic mass is 10.1. The fourth-order valence-electron chi connectivity index (χ4n) is 3.55. The molecule has 5 aromatic rings. The van der Waals surface area contributed by atoms with Crippen LogP contribution in [0.3, 0.4) is 0 Å². The number of carbonyl (C=O) groups excluding carboxylic acids is 1. The predicted octanol–water partition coefficient (Wildman–Crippen LogP) is 5.47. The summed E-state index contributed by atoms with van der Waals surface area (Å²) >= 11 is 5.27. The van der Waals surface area contributed by atoms with Crippen LogP contribution in [0.1, 0.15) is 5.56 Å². The second-order valence-electron chi connectivity index (χ2n) is 7.75. The average molecular weight is 480 g/mol. The molecule has 35 heavy (non-hydrogen) atoms. The molecule has 0 spiro atoms. The number of thiocarbonyl (C=S) groups is 1. The molecule has 3 N–H and O–H groups in total. The molecular weight excluding hydrogens is 458 g/mol. The Morgan fingerprint density at radius 3 is 2.37 bits per heavy atom. The molecule has 0 aliphatic rings. The average Bonchev–Trinajstić information content (AvgIpc) is 3.32. The van der Waals surface area contributed by atoms with Crippen LogP contribution in [0.15, 0.2) is 97.2 Å². The highest BCUT2D eigenvalue weighted by Crippen LogP contribution is 2.30. The Kier molecular flexibility index (Phi) is 6.45. The van der Waals surface area contributed by atoms with E-state index in [0.717, 1.165) is 28.2 Å². The van der Waals surface area contributed by atoms with Crippen LogP contribution in [0.5, 0.6) is 11.5 Å². The van der Waals surface area contributed by atoms with E-state index in [0.29, 0.717) is 17.1 Å². The number of benzene rings is 3. The Labute approximate surface area is 207 Å². The molecule has 0 aliphatic heterocycles. The van der Waals surface area contributed by atoms with Gasteiger partial charge in [0.05, 0.1) is 6.42 Å². The number of nitrogens with zero attached hydrogens (tertiary/aromatic N) is 2. The van der Waals surface area contributed by atoms with Crippen molar-refractivity contribution in [3.63, 3.8) is 0 Å². The van der Waals surface area contributed by atoms with E-state index in [1.807, 2.05) is 84.9 Å². The molecule has 0 bridgehead atoms. The normalized spacial score (nSPS) is 10.6. The zero-order valence-electron chi connectivity index (χ0n) is 18.6. The van der Waals surface area contributed by atoms with Crippen LogP contribution >= 0.6 is 12.2 Å². The van der Waals surface area contributed by atoms with E-state index < -0.39 is 0 Å². The summed E-state index contributed by atoms with van der Waals surface area (Å²) in [5.41, 5.74) is 3.92. The van der Waals surface area contributed by atoms with Crippen LogP contribution in [-0.2, 0) is 11.2 Å². The number of imidazole rings is 1. The maximum Gasteiger partial charge on any atom is 0.230 e. The maximum atomic E-state index is 12.2. The third-order valence-electron chi connectivity index (χ3n) is 5.20. The largest absolute Gasteiger partial charge is 0.455 e. The standard InChI is InChI=1S/C27H21N5O2S/c33-23(17-18-7-3-1-4-8-18)30-27(35)29-20-11-13-21(14-12-20)34-22-15-16-28-26-24(22)31-25(32-26)19-9-5-2-6-10-19/h1-16H,17H2,(H,28,31,32)(H2,29,30,33,35). The number of anilines is 1. The van der Waals surface area contributed by atoms with E-state index in [2.05, 4.69) is 25.6 Å². The molecule has 7 nitrogen and oxygen atoms in total. The third kappa shape index (κ3) is 5.51. The summed E-state index contributed by atoms with van der Waals surface area (Å²) in [4.78, 5) is 24.4. The number of pyridine rings is 1. The van der Waals surface area contributed by atoms with Gasteiger partial charge in [0.15, 0.2) is 16.5 Å². The molecule has 8 heteroatoms. The monoisotopic (exact) mass is 479 g/mol. The third-order valence-corrected chi connectivity index (χ3v) is 5.41. The minimum absolute atomic E-state index is 0.176. The van der Waals surface area contributed by atoms with Crippen molar-refractivity contribution >= 4 is 40.1 Å². The number of rotatable bonds is 6. The fourth-order valence-corrected chi connectivity index (χ4v) is 3.79. The Bertz CT molecular complexity index is 1470. The van der Waals surface area contributed by atoms with Crippen molar-refractivity contribution in [2.75, 3.05) is 5.32 Å². The van der Waals surface area contributed by atoms with Gasteiger partial charge in [0.1, 0.15) is 17.1 Å². The van der Waals surface area contributed by atoms with Crippen LogP contribution in [0.25, 0.3) is 22.6 Å². The van der Waals surface area contributed by atoms with Gasteiger partial charge in [-0.3, -0.25) is 4.79 Å². The number of hydrogen-bond donors (Lipinski definition) is 3. The Morgan fingerprint density at radius 2 is 1.63 bits per heavy atom. The maximum absolute atomic E-state index is 12.2. The van der Waals surface area contributed by atoms with E-state index in [9.17, 15) is 4.79 Å². The number of hydrogen-bond acceptors (Lipinski definition) is 5. The van der Waals surface area contributed by atoms with Crippen molar-refractivity contribution in [1.82, 2.24) is 20.3 Å². The zero-order chi connectivity index (χ0) is 24.0. The first-order chi connectivity index (χ1) is 17.1. The first-order valence-corrected chi connectivity index (χ1v) is 11.4. The molecule has 0 fully saturated rings. The second-order valence-corrected chi connectivity index (χ2v) is 8.16. The van der Waals surface area contributed by atoms with Gasteiger partial charge in [-0.2, -0.15) is 0 Å². The molecule has 5 rings (SSSR count). The van der Waals surface area contributed by atoms with Crippen molar-refractivity contribution in [3.05, 3.63) is 103 Å². The topological polar surface area (TPSA) is 91.9 Å². The summed E-state index contributed by atoms with van der Waals surface area (Å²) in [6.07, 6.45) is 1.93. The smallest absolute Gasteiger partial charge is 0.230 e. The van der Waals surface area contributed by atoms with Gasteiger partial charge in [-0.15, -0.1) is 0 Å². The second kappa shape index (κ2) is 10.1. The van der Waals surface area contributed by atoms with Gasteiger partial charge < -0.3 is 20.4 Å². The van der Waals surface area contributed by atoms with Gasteiger partial charge in [-0.25, -0.2) is 9.97 Å². The molecule has 0 saturated heterocycles. The lowest BCUT2D eigenvalue weighted by molar-refractivity contribution is -0.119. The molecule has 1 amide bonds. The van der Waals surface area contributed by atoms with E-state index in [4.69, 9.17) is 17.0 Å². The SMILES string of the molecule is O=C(Cc1ccccc1)NC(=S)Nc1ccc(Oc2ccnc3nc(-c4ccccc4)[nH]c23)cc1. The van der Waals surface area contributed by atoms with Gasteiger partial charge in [-0.05, 0) is 42.0 Å². The molecule has 172 valence electrons. The predicted molar refractivity (Wildman–Crippen MR) is 140 cm³/mol. The van der Waals surface area contributed by atoms with Gasteiger partial charge in [0.25, 0.3) is 0 Å². The summed E-state index contributed by atoms with van der Waals surface area (Å²) in [5.74, 6) is 1.81. The number of amides is 1. The number of H-pyrrole nitrogens is 1. The van der Waals surface area contributed by atoms with Crippen LogP contribution in [-0.4, -0.2) is 26.0 Å². The number of nitrogens with one attached hydrogen (secondary N) is 3. The van der Waals surface area contributed by atoms with Crippen molar-refractivity contribution in [2.45, 2.75) is 6.42 Å². The van der Waals surface area contributed by atoms with Crippen LogP contribution in [0.2, 0.25) is 0 Å². The summed E-state index contributed by atoms with van der Waals surface area (Å²) in [6, 6.07) is 28.4. The zero-order valence-corrected chi connectivity index (χ0v) is 19.4. The summed E-state index contributed by atoms with van der Waals surface area (Å²) in [7, 11) is 0. The molecule has 0 aliphatic carbocycles. The van der Waals surface area contributed by atoms with Crippen molar-refractivity contribution in [1.29, 1.82) is 0 Å². The van der Waals surface area contributed by atoms with Gasteiger partial charge in [-0.1, -0.05) is 60.7 Å². The lowest BCUT2D eigenvalue weighted by Gasteiger charge is -2.11. The molecular formula is C27H21N5O2S. The van der Waals surface area contributed by atoms with Gasteiger partial charge >= 0.3 is 0 Å². The van der Waals surface area contributed by atoms with Crippen molar-refractivity contribution < 1.29 is 9.53 Å². The molecule has 2 heterocycles. The highest BCUT2D eigenvalue weighted by atomic mass is 32.1. The van der Waals surface area contributed by atoms with E-state index in [1.54, 1.807) is 12.3 Å². The highest BCUT2D eigenvalue weighted by Gasteiger charge is 2.12. The number of fused-ring (bicyclic) bond motifs is 1.